The van der Waals surface area contributed by atoms with Crippen LogP contribution >= 0.6 is 0 Å². The number of methoxy groups -OCH3 is 1. The van der Waals surface area contributed by atoms with Gasteiger partial charge >= 0.3 is 0 Å². The average molecular weight is 291 g/mol. The molecule has 2 unspecified atom stereocenters. The van der Waals surface area contributed by atoms with Gasteiger partial charge in [-0.15, -0.1) is 0 Å². The largest absolute Gasteiger partial charge is 0.493 e. The predicted octanol–water partition coefficient (Wildman–Crippen LogP) is 4.02. The van der Waals surface area contributed by atoms with Crippen LogP contribution in [0.15, 0.2) is 24.3 Å². The molecule has 1 fully saturated rings. The third kappa shape index (κ3) is 4.92. The minimum absolute atomic E-state index is 0.681. The Bertz CT molecular complexity index is 408. The Morgan fingerprint density at radius 1 is 1.14 bits per heavy atom. The van der Waals surface area contributed by atoms with Crippen molar-refractivity contribution in [1.29, 1.82) is 0 Å². The Balaban J connectivity index is 1.80. The molecule has 0 amide bonds. The average Bonchev–Trinajstić information content (AvgIpc) is 2.54. The van der Waals surface area contributed by atoms with Gasteiger partial charge in [0.2, 0.25) is 0 Å². The zero-order valence-electron chi connectivity index (χ0n) is 13.4. The van der Waals surface area contributed by atoms with Crippen molar-refractivity contribution in [3.05, 3.63) is 24.3 Å². The first kappa shape index (κ1) is 16.2. The van der Waals surface area contributed by atoms with E-state index in [9.17, 15) is 0 Å². The molecule has 1 aromatic carbocycles. The van der Waals surface area contributed by atoms with Crippen molar-refractivity contribution in [2.45, 2.75) is 51.5 Å². The molecule has 1 saturated carbocycles. The standard InChI is InChI=1S/C18H29NO2/c1-3-13-19-16-9-5-4-8-15(16)12-14-21-18-11-7-6-10-17(18)20-2/h6-7,10-11,15-16,19H,3-5,8-9,12-14H2,1-2H3. The van der Waals surface area contributed by atoms with Crippen LogP contribution in [-0.4, -0.2) is 26.3 Å². The van der Waals surface area contributed by atoms with Crippen LogP contribution in [0.5, 0.6) is 11.5 Å². The Morgan fingerprint density at radius 2 is 1.90 bits per heavy atom. The summed E-state index contributed by atoms with van der Waals surface area (Å²) in [5.41, 5.74) is 0. The first-order chi connectivity index (χ1) is 10.3. The van der Waals surface area contributed by atoms with E-state index >= 15 is 0 Å². The minimum atomic E-state index is 0.681. The lowest BCUT2D eigenvalue weighted by atomic mass is 9.82. The van der Waals surface area contributed by atoms with E-state index in [1.54, 1.807) is 7.11 Å². The second-order valence-electron chi connectivity index (χ2n) is 5.89. The summed E-state index contributed by atoms with van der Waals surface area (Å²) >= 11 is 0. The van der Waals surface area contributed by atoms with Gasteiger partial charge in [-0.3, -0.25) is 0 Å². The number of hydrogen-bond acceptors (Lipinski definition) is 3. The fraction of sp³-hybridized carbons (Fsp3) is 0.667. The highest BCUT2D eigenvalue weighted by atomic mass is 16.5. The van der Waals surface area contributed by atoms with E-state index in [1.807, 2.05) is 24.3 Å². The summed E-state index contributed by atoms with van der Waals surface area (Å²) in [6.07, 6.45) is 7.71. The van der Waals surface area contributed by atoms with Crippen LogP contribution in [0.4, 0.5) is 0 Å². The van der Waals surface area contributed by atoms with Crippen LogP contribution in [-0.2, 0) is 0 Å². The van der Waals surface area contributed by atoms with Crippen LogP contribution in [0.25, 0.3) is 0 Å². The van der Waals surface area contributed by atoms with Crippen molar-refractivity contribution in [1.82, 2.24) is 5.32 Å². The maximum atomic E-state index is 5.93. The molecule has 0 spiro atoms. The number of benzene rings is 1. The lowest BCUT2D eigenvalue weighted by Crippen LogP contribution is -2.39. The van der Waals surface area contributed by atoms with Crippen molar-refractivity contribution < 1.29 is 9.47 Å². The molecule has 3 nitrogen and oxygen atoms in total. The van der Waals surface area contributed by atoms with Gasteiger partial charge in [0.05, 0.1) is 13.7 Å². The summed E-state index contributed by atoms with van der Waals surface area (Å²) in [5, 5.41) is 3.71. The predicted molar refractivity (Wildman–Crippen MR) is 87.1 cm³/mol. The fourth-order valence-corrected chi connectivity index (χ4v) is 3.21. The Morgan fingerprint density at radius 3 is 2.67 bits per heavy atom. The van der Waals surface area contributed by atoms with Gasteiger partial charge in [-0.25, -0.2) is 0 Å². The zero-order valence-corrected chi connectivity index (χ0v) is 13.4. The maximum absolute atomic E-state index is 5.93. The third-order valence-corrected chi connectivity index (χ3v) is 4.38. The highest BCUT2D eigenvalue weighted by Crippen LogP contribution is 2.29. The molecule has 1 aliphatic carbocycles. The third-order valence-electron chi connectivity index (χ3n) is 4.38. The molecule has 1 aliphatic rings. The van der Waals surface area contributed by atoms with Gasteiger partial charge < -0.3 is 14.8 Å². The van der Waals surface area contributed by atoms with Gasteiger partial charge in [0.1, 0.15) is 0 Å². The fourth-order valence-electron chi connectivity index (χ4n) is 3.21. The van der Waals surface area contributed by atoms with Gasteiger partial charge in [0.15, 0.2) is 11.5 Å². The second kappa shape index (κ2) is 8.93. The lowest BCUT2D eigenvalue weighted by Gasteiger charge is -2.32. The molecule has 1 aromatic rings. The van der Waals surface area contributed by atoms with E-state index in [1.165, 1.54) is 32.1 Å². The number of nitrogens with one attached hydrogen (secondary N) is 1. The zero-order chi connectivity index (χ0) is 14.9. The van der Waals surface area contributed by atoms with E-state index < -0.39 is 0 Å². The molecular formula is C18H29NO2. The van der Waals surface area contributed by atoms with Crippen molar-refractivity contribution in [3.8, 4) is 11.5 Å². The number of ether oxygens (including phenoxy) is 2. The lowest BCUT2D eigenvalue weighted by molar-refractivity contribution is 0.201. The highest BCUT2D eigenvalue weighted by molar-refractivity contribution is 5.39. The van der Waals surface area contributed by atoms with Crippen LogP contribution in [0.3, 0.4) is 0 Å². The highest BCUT2D eigenvalue weighted by Gasteiger charge is 2.24. The summed E-state index contributed by atoms with van der Waals surface area (Å²) in [6.45, 7) is 4.14. The molecule has 3 heteroatoms. The number of rotatable bonds is 8. The molecule has 0 aromatic heterocycles. The van der Waals surface area contributed by atoms with Crippen LogP contribution in [0.1, 0.15) is 45.4 Å². The minimum Gasteiger partial charge on any atom is -0.493 e. The molecule has 1 N–H and O–H groups in total. The molecule has 21 heavy (non-hydrogen) atoms. The maximum Gasteiger partial charge on any atom is 0.161 e. The van der Waals surface area contributed by atoms with Gasteiger partial charge in [0.25, 0.3) is 0 Å². The molecule has 0 bridgehead atoms. The Labute approximate surface area is 129 Å². The van der Waals surface area contributed by atoms with E-state index in [4.69, 9.17) is 9.47 Å². The molecule has 2 rings (SSSR count). The Hall–Kier alpha value is -1.22. The molecule has 0 aliphatic heterocycles. The SMILES string of the molecule is CCCNC1CCCCC1CCOc1ccccc1OC. The van der Waals surface area contributed by atoms with E-state index in [2.05, 4.69) is 12.2 Å². The summed E-state index contributed by atoms with van der Waals surface area (Å²) in [6, 6.07) is 8.57. The van der Waals surface area contributed by atoms with Gasteiger partial charge in [-0.05, 0) is 50.3 Å². The summed E-state index contributed by atoms with van der Waals surface area (Å²) in [4.78, 5) is 0. The second-order valence-corrected chi connectivity index (χ2v) is 5.89. The number of para-hydroxylation sites is 2. The first-order valence-corrected chi connectivity index (χ1v) is 8.34. The van der Waals surface area contributed by atoms with Gasteiger partial charge in [0, 0.05) is 6.04 Å². The summed E-state index contributed by atoms with van der Waals surface area (Å²) < 4.78 is 11.3. The molecule has 0 saturated heterocycles. The van der Waals surface area contributed by atoms with Crippen molar-refractivity contribution in [2.24, 2.45) is 5.92 Å². The normalized spacial score (nSPS) is 22.0. The van der Waals surface area contributed by atoms with Crippen LogP contribution < -0.4 is 14.8 Å². The monoisotopic (exact) mass is 291 g/mol. The van der Waals surface area contributed by atoms with Crippen molar-refractivity contribution >= 4 is 0 Å². The molecule has 2 atom stereocenters. The van der Waals surface area contributed by atoms with E-state index in [-0.39, 0.29) is 0 Å². The number of hydrogen-bond donors (Lipinski definition) is 1. The molecular weight excluding hydrogens is 262 g/mol. The topological polar surface area (TPSA) is 30.5 Å². The summed E-state index contributed by atoms with van der Waals surface area (Å²) in [7, 11) is 1.69. The first-order valence-electron chi connectivity index (χ1n) is 8.34. The molecule has 118 valence electrons. The van der Waals surface area contributed by atoms with Gasteiger partial charge in [-0.1, -0.05) is 31.9 Å². The van der Waals surface area contributed by atoms with E-state index in [0.717, 1.165) is 37.0 Å². The van der Waals surface area contributed by atoms with Crippen molar-refractivity contribution in [3.63, 3.8) is 0 Å². The molecule has 0 radical (unpaired) electrons. The van der Waals surface area contributed by atoms with E-state index in [0.29, 0.717) is 6.04 Å². The smallest absolute Gasteiger partial charge is 0.161 e. The Kier molecular flexibility index (Phi) is 6.87. The van der Waals surface area contributed by atoms with Crippen molar-refractivity contribution in [2.75, 3.05) is 20.3 Å². The summed E-state index contributed by atoms with van der Waals surface area (Å²) in [5.74, 6) is 2.43. The molecule has 0 heterocycles. The quantitative estimate of drug-likeness (QED) is 0.784. The van der Waals surface area contributed by atoms with Gasteiger partial charge in [-0.2, -0.15) is 0 Å². The van der Waals surface area contributed by atoms with Crippen LogP contribution in [0, 0.1) is 5.92 Å². The van der Waals surface area contributed by atoms with Crippen LogP contribution in [0.2, 0.25) is 0 Å².